The van der Waals surface area contributed by atoms with Crippen LogP contribution in [0.4, 0.5) is 5.69 Å². The number of halogens is 1. The summed E-state index contributed by atoms with van der Waals surface area (Å²) in [5.74, 6) is 0.0302. The monoisotopic (exact) mass is 335 g/mol. The Hall–Kier alpha value is -1.10. The number of hydrogen-bond acceptors (Lipinski definition) is 3. The number of anilines is 1. The molecule has 0 bridgehead atoms. The van der Waals surface area contributed by atoms with Gasteiger partial charge in [-0.2, -0.15) is 0 Å². The molecule has 0 radical (unpaired) electrons. The summed E-state index contributed by atoms with van der Waals surface area (Å²) in [5, 5.41) is 7.10. The third-order valence-electron chi connectivity index (χ3n) is 5.20. The Morgan fingerprint density at radius 3 is 2.87 bits per heavy atom. The van der Waals surface area contributed by atoms with Crippen LogP contribution in [-0.2, 0) is 4.79 Å². The molecule has 1 spiro atoms. The van der Waals surface area contributed by atoms with Gasteiger partial charge in [0.25, 0.3) is 0 Å². The Morgan fingerprint density at radius 1 is 1.35 bits per heavy atom. The second kappa shape index (κ2) is 7.20. The zero-order chi connectivity index (χ0) is 16.3. The van der Waals surface area contributed by atoms with Crippen molar-refractivity contribution in [1.29, 1.82) is 0 Å². The van der Waals surface area contributed by atoms with Crippen molar-refractivity contribution in [1.82, 2.24) is 10.2 Å². The number of piperazine rings is 1. The van der Waals surface area contributed by atoms with Gasteiger partial charge >= 0.3 is 0 Å². The van der Waals surface area contributed by atoms with Gasteiger partial charge < -0.3 is 10.6 Å². The van der Waals surface area contributed by atoms with E-state index >= 15 is 0 Å². The number of carbonyl (C=O) groups excluding carboxylic acids is 1. The molecule has 2 fully saturated rings. The molecule has 126 valence electrons. The van der Waals surface area contributed by atoms with Crippen molar-refractivity contribution in [3.8, 4) is 0 Å². The molecule has 1 aliphatic heterocycles. The van der Waals surface area contributed by atoms with Crippen LogP contribution in [-0.4, -0.2) is 42.5 Å². The van der Waals surface area contributed by atoms with Crippen LogP contribution >= 0.6 is 11.6 Å². The molecule has 1 aliphatic carbocycles. The minimum absolute atomic E-state index is 0.0302. The van der Waals surface area contributed by atoms with E-state index in [9.17, 15) is 4.79 Å². The van der Waals surface area contributed by atoms with Crippen LogP contribution in [0.3, 0.4) is 0 Å². The number of nitrogens with one attached hydrogen (secondary N) is 2. The lowest BCUT2D eigenvalue weighted by Gasteiger charge is -2.49. The van der Waals surface area contributed by atoms with Crippen molar-refractivity contribution in [2.45, 2.75) is 44.6 Å². The minimum Gasteiger partial charge on any atom is -0.324 e. The van der Waals surface area contributed by atoms with Crippen LogP contribution in [0.2, 0.25) is 5.02 Å². The Morgan fingerprint density at radius 2 is 2.13 bits per heavy atom. The van der Waals surface area contributed by atoms with Gasteiger partial charge in [-0.15, -0.1) is 0 Å². The summed E-state index contributed by atoms with van der Waals surface area (Å²) in [7, 11) is 0. The highest BCUT2D eigenvalue weighted by Gasteiger charge is 2.40. The first-order valence-corrected chi connectivity index (χ1v) is 8.99. The highest BCUT2D eigenvalue weighted by atomic mass is 35.5. The van der Waals surface area contributed by atoms with Gasteiger partial charge in [0.05, 0.1) is 17.3 Å². The van der Waals surface area contributed by atoms with E-state index in [1.165, 1.54) is 32.1 Å². The van der Waals surface area contributed by atoms with Crippen LogP contribution < -0.4 is 10.6 Å². The number of nitrogens with zero attached hydrogens (tertiary/aromatic N) is 1. The molecule has 5 heteroatoms. The maximum absolute atomic E-state index is 12.5. The summed E-state index contributed by atoms with van der Waals surface area (Å²) < 4.78 is 0. The number of benzene rings is 1. The van der Waals surface area contributed by atoms with E-state index in [-0.39, 0.29) is 11.4 Å². The summed E-state index contributed by atoms with van der Waals surface area (Å²) >= 11 is 6.22. The van der Waals surface area contributed by atoms with E-state index < -0.39 is 0 Å². The van der Waals surface area contributed by atoms with E-state index in [1.807, 2.05) is 25.1 Å². The number of amides is 1. The molecule has 0 unspecified atom stereocenters. The maximum atomic E-state index is 12.5. The first-order chi connectivity index (χ1) is 11.1. The molecule has 4 nitrogen and oxygen atoms in total. The van der Waals surface area contributed by atoms with Crippen molar-refractivity contribution < 1.29 is 4.79 Å². The molecule has 2 aliphatic rings. The van der Waals surface area contributed by atoms with Crippen LogP contribution in [0.15, 0.2) is 18.2 Å². The first-order valence-electron chi connectivity index (χ1n) is 8.61. The summed E-state index contributed by atoms with van der Waals surface area (Å²) in [6.07, 6.45) is 6.24. The summed E-state index contributed by atoms with van der Waals surface area (Å²) in [4.78, 5) is 14.9. The zero-order valence-corrected chi connectivity index (χ0v) is 14.6. The zero-order valence-electron chi connectivity index (χ0n) is 13.8. The van der Waals surface area contributed by atoms with Gasteiger partial charge in [0, 0.05) is 25.2 Å². The SMILES string of the molecule is Cc1ccc(NC(=O)CN2CCNCC23CCCCC3)c(Cl)c1. The largest absolute Gasteiger partial charge is 0.324 e. The topological polar surface area (TPSA) is 44.4 Å². The maximum Gasteiger partial charge on any atom is 0.238 e. The highest BCUT2D eigenvalue weighted by molar-refractivity contribution is 6.33. The van der Waals surface area contributed by atoms with Gasteiger partial charge in [0.1, 0.15) is 0 Å². The molecule has 1 heterocycles. The molecule has 0 aromatic heterocycles. The summed E-state index contributed by atoms with van der Waals surface area (Å²) in [6.45, 7) is 5.35. The Bertz CT molecular complexity index is 561. The molecular formula is C18H26ClN3O. The fraction of sp³-hybridized carbons (Fsp3) is 0.611. The lowest BCUT2D eigenvalue weighted by atomic mass is 9.79. The second-order valence-electron chi connectivity index (χ2n) is 6.91. The Kier molecular flexibility index (Phi) is 5.24. The number of hydrogen-bond donors (Lipinski definition) is 2. The molecule has 1 saturated heterocycles. The standard InChI is InChI=1S/C18H26ClN3O/c1-14-5-6-16(15(19)11-14)21-17(23)12-22-10-9-20-13-18(22)7-3-2-4-8-18/h5-6,11,20H,2-4,7-10,12-13H2,1H3,(H,21,23). The highest BCUT2D eigenvalue weighted by Crippen LogP contribution is 2.34. The average molecular weight is 336 g/mol. The van der Waals surface area contributed by atoms with Gasteiger partial charge in [-0.25, -0.2) is 0 Å². The van der Waals surface area contributed by atoms with Crippen molar-refractivity contribution in [3.05, 3.63) is 28.8 Å². The predicted octanol–water partition coefficient (Wildman–Crippen LogP) is 3.20. The number of carbonyl (C=O) groups is 1. The lowest BCUT2D eigenvalue weighted by molar-refractivity contribution is -0.120. The summed E-state index contributed by atoms with van der Waals surface area (Å²) in [5.41, 5.74) is 1.97. The van der Waals surface area contributed by atoms with Gasteiger partial charge in [-0.05, 0) is 37.5 Å². The van der Waals surface area contributed by atoms with Crippen molar-refractivity contribution >= 4 is 23.2 Å². The van der Waals surface area contributed by atoms with Crippen molar-refractivity contribution in [2.75, 3.05) is 31.5 Å². The van der Waals surface area contributed by atoms with E-state index in [0.29, 0.717) is 17.3 Å². The first kappa shape index (κ1) is 16.7. The number of rotatable bonds is 3. The quantitative estimate of drug-likeness (QED) is 0.891. The molecule has 1 aromatic carbocycles. The fourth-order valence-corrected chi connectivity index (χ4v) is 4.20. The van der Waals surface area contributed by atoms with Crippen LogP contribution in [0.1, 0.15) is 37.7 Å². The van der Waals surface area contributed by atoms with Crippen molar-refractivity contribution in [3.63, 3.8) is 0 Å². The average Bonchev–Trinajstić information content (AvgIpc) is 2.53. The molecule has 0 atom stereocenters. The van der Waals surface area contributed by atoms with Crippen molar-refractivity contribution in [2.24, 2.45) is 0 Å². The van der Waals surface area contributed by atoms with Crippen LogP contribution in [0.5, 0.6) is 0 Å². The lowest BCUT2D eigenvalue weighted by Crippen LogP contribution is -2.63. The predicted molar refractivity (Wildman–Crippen MR) is 95.1 cm³/mol. The van der Waals surface area contributed by atoms with Crippen LogP contribution in [0, 0.1) is 6.92 Å². The minimum atomic E-state index is 0.0302. The van der Waals surface area contributed by atoms with Gasteiger partial charge in [-0.3, -0.25) is 9.69 Å². The van der Waals surface area contributed by atoms with Crippen LogP contribution in [0.25, 0.3) is 0 Å². The molecule has 23 heavy (non-hydrogen) atoms. The molecule has 2 N–H and O–H groups in total. The van der Waals surface area contributed by atoms with E-state index in [2.05, 4.69) is 15.5 Å². The third-order valence-corrected chi connectivity index (χ3v) is 5.51. The Balaban J connectivity index is 1.65. The van der Waals surface area contributed by atoms with Gasteiger partial charge in [0.2, 0.25) is 5.91 Å². The van der Waals surface area contributed by atoms with E-state index in [4.69, 9.17) is 11.6 Å². The third kappa shape index (κ3) is 3.87. The second-order valence-corrected chi connectivity index (χ2v) is 7.32. The molecule has 1 saturated carbocycles. The summed E-state index contributed by atoms with van der Waals surface area (Å²) in [6, 6.07) is 5.73. The van der Waals surface area contributed by atoms with E-state index in [1.54, 1.807) is 0 Å². The van der Waals surface area contributed by atoms with Gasteiger partial charge in [0.15, 0.2) is 0 Å². The molecule has 1 aromatic rings. The smallest absolute Gasteiger partial charge is 0.238 e. The fourth-order valence-electron chi connectivity index (χ4n) is 3.92. The molecule has 3 rings (SSSR count). The Labute approximate surface area is 143 Å². The molecular weight excluding hydrogens is 310 g/mol. The number of aryl methyl sites for hydroxylation is 1. The van der Waals surface area contributed by atoms with Gasteiger partial charge in [-0.1, -0.05) is 36.9 Å². The molecule has 1 amide bonds. The normalized spacial score (nSPS) is 21.3. The van der Waals surface area contributed by atoms with E-state index in [0.717, 1.165) is 25.2 Å².